The molecule has 150 valence electrons. The molecule has 2 N–H and O–H groups in total. The third-order valence-electron chi connectivity index (χ3n) is 4.91. The molecule has 31 heavy (non-hydrogen) atoms. The van der Waals surface area contributed by atoms with Gasteiger partial charge in [0.25, 0.3) is 11.9 Å². The van der Waals surface area contributed by atoms with E-state index in [-0.39, 0.29) is 11.9 Å². The second-order valence-corrected chi connectivity index (χ2v) is 6.98. The summed E-state index contributed by atoms with van der Waals surface area (Å²) in [5.41, 5.74) is 2.28. The first-order chi connectivity index (χ1) is 15.3. The molecule has 5 aromatic rings. The van der Waals surface area contributed by atoms with Crippen molar-refractivity contribution in [2.75, 3.05) is 10.6 Å². The van der Waals surface area contributed by atoms with Gasteiger partial charge in [0.2, 0.25) is 5.95 Å². The zero-order valence-corrected chi connectivity index (χ0v) is 16.6. The van der Waals surface area contributed by atoms with E-state index in [0.717, 1.165) is 22.1 Å². The van der Waals surface area contributed by atoms with Crippen molar-refractivity contribution >= 4 is 34.3 Å². The van der Waals surface area contributed by atoms with E-state index >= 15 is 0 Å². The highest BCUT2D eigenvalue weighted by molar-refractivity contribution is 6.03. The highest BCUT2D eigenvalue weighted by atomic mass is 16.1. The number of anilines is 3. The summed E-state index contributed by atoms with van der Waals surface area (Å²) >= 11 is 0. The summed E-state index contributed by atoms with van der Waals surface area (Å²) in [7, 11) is 0. The SMILES string of the molecule is O=C(Nc1nc(Nc2cccc3ccccc23)n(-c2ccccc2)n1)c1ccccc1. The van der Waals surface area contributed by atoms with Gasteiger partial charge in [-0.15, -0.1) is 5.10 Å². The third kappa shape index (κ3) is 3.86. The van der Waals surface area contributed by atoms with E-state index in [0.29, 0.717) is 11.5 Å². The van der Waals surface area contributed by atoms with Crippen LogP contribution in [0.3, 0.4) is 0 Å². The van der Waals surface area contributed by atoms with Crippen LogP contribution in [0, 0.1) is 0 Å². The van der Waals surface area contributed by atoms with Crippen LogP contribution in [0.1, 0.15) is 10.4 Å². The monoisotopic (exact) mass is 405 g/mol. The summed E-state index contributed by atoms with van der Waals surface area (Å²) in [4.78, 5) is 17.1. The van der Waals surface area contributed by atoms with Crippen LogP contribution in [-0.2, 0) is 0 Å². The highest BCUT2D eigenvalue weighted by Crippen LogP contribution is 2.27. The molecule has 0 fully saturated rings. The summed E-state index contributed by atoms with van der Waals surface area (Å²) < 4.78 is 1.68. The molecule has 1 heterocycles. The molecular weight excluding hydrogens is 386 g/mol. The Hall–Kier alpha value is -4.45. The number of para-hydroxylation sites is 1. The van der Waals surface area contributed by atoms with E-state index < -0.39 is 0 Å². The average molecular weight is 405 g/mol. The number of amides is 1. The predicted octanol–water partition coefficient (Wildman–Crippen LogP) is 5.42. The lowest BCUT2D eigenvalue weighted by atomic mass is 10.1. The fourth-order valence-corrected chi connectivity index (χ4v) is 3.41. The lowest BCUT2D eigenvalue weighted by Gasteiger charge is -2.10. The molecule has 0 aliphatic heterocycles. The Balaban J connectivity index is 1.53. The maximum atomic E-state index is 12.6. The van der Waals surface area contributed by atoms with Gasteiger partial charge in [0.05, 0.1) is 5.69 Å². The highest BCUT2D eigenvalue weighted by Gasteiger charge is 2.15. The summed E-state index contributed by atoms with van der Waals surface area (Å²) in [6.07, 6.45) is 0. The molecule has 4 aromatic carbocycles. The molecule has 1 amide bonds. The number of rotatable bonds is 5. The predicted molar refractivity (Wildman–Crippen MR) is 123 cm³/mol. The molecule has 0 aliphatic rings. The van der Waals surface area contributed by atoms with Crippen molar-refractivity contribution in [3.05, 3.63) is 109 Å². The van der Waals surface area contributed by atoms with Crippen molar-refractivity contribution in [2.24, 2.45) is 0 Å². The molecule has 5 rings (SSSR count). The van der Waals surface area contributed by atoms with Crippen molar-refractivity contribution in [2.45, 2.75) is 0 Å². The second-order valence-electron chi connectivity index (χ2n) is 6.98. The molecule has 0 atom stereocenters. The van der Waals surface area contributed by atoms with Crippen LogP contribution >= 0.6 is 0 Å². The van der Waals surface area contributed by atoms with E-state index in [2.05, 4.69) is 38.9 Å². The van der Waals surface area contributed by atoms with Crippen LogP contribution in [0.2, 0.25) is 0 Å². The smallest absolute Gasteiger partial charge is 0.258 e. The fourth-order valence-electron chi connectivity index (χ4n) is 3.41. The van der Waals surface area contributed by atoms with Crippen molar-refractivity contribution < 1.29 is 4.79 Å². The van der Waals surface area contributed by atoms with Gasteiger partial charge in [0.15, 0.2) is 0 Å². The van der Waals surface area contributed by atoms with Crippen LogP contribution in [0.25, 0.3) is 16.5 Å². The number of benzene rings is 4. The zero-order chi connectivity index (χ0) is 21.0. The number of carbonyl (C=O) groups is 1. The van der Waals surface area contributed by atoms with E-state index in [9.17, 15) is 4.79 Å². The van der Waals surface area contributed by atoms with Gasteiger partial charge in [-0.3, -0.25) is 10.1 Å². The standard InChI is InChI=1S/C25H19N5O/c31-23(19-11-3-1-4-12-19)27-24-28-25(30(29-24)20-14-5-2-6-15-20)26-22-17-9-13-18-10-7-8-16-21(18)22/h1-17H,(H2,26,27,28,29,31). The van der Waals surface area contributed by atoms with Gasteiger partial charge in [-0.25, -0.2) is 0 Å². The van der Waals surface area contributed by atoms with Gasteiger partial charge in [-0.05, 0) is 35.7 Å². The first-order valence-electron chi connectivity index (χ1n) is 9.91. The molecule has 0 spiro atoms. The summed E-state index contributed by atoms with van der Waals surface area (Å²) in [5.74, 6) is 0.467. The molecule has 0 bridgehead atoms. The number of aromatic nitrogens is 3. The summed E-state index contributed by atoms with van der Waals surface area (Å²) in [6.45, 7) is 0. The summed E-state index contributed by atoms with van der Waals surface area (Å²) in [5, 5.41) is 12.9. The number of nitrogens with one attached hydrogen (secondary N) is 2. The van der Waals surface area contributed by atoms with Gasteiger partial charge in [0.1, 0.15) is 0 Å². The Bertz CT molecular complexity index is 1340. The normalized spacial score (nSPS) is 10.7. The Kier molecular flexibility index (Phi) is 4.86. The molecule has 1 aromatic heterocycles. The number of nitrogens with zero attached hydrogens (tertiary/aromatic N) is 3. The Morgan fingerprint density at radius 2 is 1.42 bits per heavy atom. The number of hydrogen-bond donors (Lipinski definition) is 2. The Morgan fingerprint density at radius 1 is 0.742 bits per heavy atom. The van der Waals surface area contributed by atoms with Crippen molar-refractivity contribution in [1.29, 1.82) is 0 Å². The lowest BCUT2D eigenvalue weighted by molar-refractivity contribution is 0.102. The molecule has 0 saturated heterocycles. The molecule has 6 heteroatoms. The minimum atomic E-state index is -0.262. The summed E-state index contributed by atoms with van der Waals surface area (Å²) in [6, 6.07) is 32.9. The molecule has 0 unspecified atom stereocenters. The van der Waals surface area contributed by atoms with Crippen molar-refractivity contribution in [1.82, 2.24) is 14.8 Å². The number of carbonyl (C=O) groups excluding carboxylic acids is 1. The minimum Gasteiger partial charge on any atom is -0.323 e. The first kappa shape index (κ1) is 18.6. The maximum Gasteiger partial charge on any atom is 0.258 e. The maximum absolute atomic E-state index is 12.6. The van der Waals surface area contributed by atoms with E-state index in [1.807, 2.05) is 72.8 Å². The second kappa shape index (κ2) is 8.12. The lowest BCUT2D eigenvalue weighted by Crippen LogP contribution is -2.13. The van der Waals surface area contributed by atoms with E-state index in [4.69, 9.17) is 0 Å². The first-order valence-corrected chi connectivity index (χ1v) is 9.91. The molecule has 6 nitrogen and oxygen atoms in total. The quantitative estimate of drug-likeness (QED) is 0.410. The Labute approximate surface area is 179 Å². The average Bonchev–Trinajstić information content (AvgIpc) is 3.22. The van der Waals surface area contributed by atoms with Crippen LogP contribution in [0.4, 0.5) is 17.6 Å². The van der Waals surface area contributed by atoms with Gasteiger partial charge in [-0.1, -0.05) is 72.8 Å². The van der Waals surface area contributed by atoms with E-state index in [1.165, 1.54) is 0 Å². The van der Waals surface area contributed by atoms with Crippen LogP contribution in [0.5, 0.6) is 0 Å². The van der Waals surface area contributed by atoms with Crippen molar-refractivity contribution in [3.8, 4) is 5.69 Å². The molecule has 0 saturated carbocycles. The van der Waals surface area contributed by atoms with Crippen LogP contribution in [0.15, 0.2) is 103 Å². The minimum absolute atomic E-state index is 0.223. The van der Waals surface area contributed by atoms with Gasteiger partial charge in [-0.2, -0.15) is 9.67 Å². The molecular formula is C25H19N5O. The van der Waals surface area contributed by atoms with Gasteiger partial charge < -0.3 is 5.32 Å². The number of hydrogen-bond acceptors (Lipinski definition) is 4. The number of fused-ring (bicyclic) bond motifs is 1. The van der Waals surface area contributed by atoms with Gasteiger partial charge in [0, 0.05) is 16.6 Å². The van der Waals surface area contributed by atoms with Crippen LogP contribution < -0.4 is 10.6 Å². The van der Waals surface area contributed by atoms with Crippen LogP contribution in [-0.4, -0.2) is 20.7 Å². The fraction of sp³-hybridized carbons (Fsp3) is 0. The molecule has 0 aliphatic carbocycles. The topological polar surface area (TPSA) is 71.8 Å². The molecule has 0 radical (unpaired) electrons. The Morgan fingerprint density at radius 3 is 2.23 bits per heavy atom. The van der Waals surface area contributed by atoms with Crippen molar-refractivity contribution in [3.63, 3.8) is 0 Å². The largest absolute Gasteiger partial charge is 0.323 e. The third-order valence-corrected chi connectivity index (χ3v) is 4.91. The zero-order valence-electron chi connectivity index (χ0n) is 16.6. The van der Waals surface area contributed by atoms with Gasteiger partial charge >= 0.3 is 0 Å². The van der Waals surface area contributed by atoms with E-state index in [1.54, 1.807) is 16.8 Å².